The molecule has 0 unspecified atom stereocenters. The highest BCUT2D eigenvalue weighted by Crippen LogP contribution is 2.25. The number of nitrogens with zero attached hydrogens (tertiary/aromatic N) is 5. The molecule has 0 aromatic carbocycles. The van der Waals surface area contributed by atoms with Gasteiger partial charge in [-0.05, 0) is 18.2 Å². The van der Waals surface area contributed by atoms with Gasteiger partial charge in [0.25, 0.3) is 0 Å². The third-order valence-electron chi connectivity index (χ3n) is 4.02. The van der Waals surface area contributed by atoms with Crippen LogP contribution in [0.3, 0.4) is 0 Å². The number of ether oxygens (including phenoxy) is 2. The largest absolute Gasteiger partial charge is 0.464 e. The van der Waals surface area contributed by atoms with Crippen LogP contribution in [-0.2, 0) is 14.9 Å². The topological polar surface area (TPSA) is 129 Å². The fourth-order valence-electron chi connectivity index (χ4n) is 2.35. The molecule has 0 fully saturated rings. The van der Waals surface area contributed by atoms with Gasteiger partial charge in [-0.25, -0.2) is 14.6 Å². The fourth-order valence-corrected chi connectivity index (χ4v) is 2.92. The van der Waals surface area contributed by atoms with Gasteiger partial charge in [0.2, 0.25) is 0 Å². The Bertz CT molecular complexity index is 1190. The lowest BCUT2D eigenvalue weighted by Crippen LogP contribution is -2.14. The fraction of sp³-hybridized carbons (Fsp3) is 0.286. The summed E-state index contributed by atoms with van der Waals surface area (Å²) in [4.78, 5) is 27.2. The maximum absolute atomic E-state index is 11.7. The molecule has 3 rings (SSSR count). The smallest absolute Gasteiger partial charge is 0.360 e. The van der Waals surface area contributed by atoms with E-state index in [1.54, 1.807) is 6.07 Å². The van der Waals surface area contributed by atoms with E-state index in [4.69, 9.17) is 34.8 Å². The zero-order valence-corrected chi connectivity index (χ0v) is 21.2. The van der Waals surface area contributed by atoms with Gasteiger partial charge in [0.15, 0.2) is 21.7 Å². The minimum atomic E-state index is -0.635. The molecule has 0 aliphatic rings. The Kier molecular flexibility index (Phi) is 9.48. The van der Waals surface area contributed by atoms with Crippen LogP contribution in [0.2, 0.25) is 15.3 Å². The highest BCUT2D eigenvalue weighted by atomic mass is 35.5. The highest BCUT2D eigenvalue weighted by Gasteiger charge is 2.18. The van der Waals surface area contributed by atoms with E-state index in [1.807, 2.05) is 12.1 Å². The van der Waals surface area contributed by atoms with Gasteiger partial charge >= 0.3 is 11.9 Å². The molecule has 0 aliphatic carbocycles. The lowest BCUT2D eigenvalue weighted by atomic mass is 9.92. The van der Waals surface area contributed by atoms with E-state index in [-0.39, 0.29) is 32.1 Å². The first kappa shape index (κ1) is 27.2. The van der Waals surface area contributed by atoms with Crippen LogP contribution >= 0.6 is 34.8 Å². The number of aromatic nitrogens is 5. The number of methoxy groups -OCH3 is 2. The third-order valence-corrected chi connectivity index (χ3v) is 4.68. The highest BCUT2D eigenvalue weighted by molar-refractivity contribution is 6.35. The molecule has 0 spiro atoms. The van der Waals surface area contributed by atoms with Gasteiger partial charge in [0, 0.05) is 17.2 Å². The van der Waals surface area contributed by atoms with E-state index in [0.717, 1.165) is 5.69 Å². The van der Waals surface area contributed by atoms with Crippen LogP contribution in [0.25, 0.3) is 0 Å². The standard InChI is InChI=1S/C15H17ClN4O2.C6H4Cl2N2O2/c1-15(2,3)10-6-5-7-12(18-10)17-9-8-11(16)19-20-13(9)14(21)22-4;1-12-6(11)5-3(7)2-4(8)9-10-5/h5-8H,1-4H3,(H,17,18,19);2H,1H3. The normalized spacial score (nSPS) is 10.6. The average Bonchev–Trinajstić information content (AvgIpc) is 2.78. The summed E-state index contributed by atoms with van der Waals surface area (Å²) < 4.78 is 9.08. The molecule has 0 saturated heterocycles. The molecule has 180 valence electrons. The molecule has 0 bridgehead atoms. The van der Waals surface area contributed by atoms with Crippen molar-refractivity contribution in [2.45, 2.75) is 26.2 Å². The molecule has 3 aromatic rings. The Labute approximate surface area is 211 Å². The molecule has 1 N–H and O–H groups in total. The maximum Gasteiger partial charge on any atom is 0.360 e. The van der Waals surface area contributed by atoms with Crippen LogP contribution in [0.4, 0.5) is 11.5 Å². The molecular formula is C21H21Cl3N6O4. The minimum Gasteiger partial charge on any atom is -0.464 e. The predicted molar refractivity (Wildman–Crippen MR) is 128 cm³/mol. The number of halogens is 3. The van der Waals surface area contributed by atoms with Crippen molar-refractivity contribution in [3.63, 3.8) is 0 Å². The van der Waals surface area contributed by atoms with Crippen LogP contribution in [0, 0.1) is 0 Å². The summed E-state index contributed by atoms with van der Waals surface area (Å²) >= 11 is 16.9. The summed E-state index contributed by atoms with van der Waals surface area (Å²) in [5.41, 5.74) is 1.24. The molecular weight excluding hydrogens is 507 g/mol. The van der Waals surface area contributed by atoms with Crippen LogP contribution in [0.1, 0.15) is 47.4 Å². The predicted octanol–water partition coefficient (Wildman–Crippen LogP) is 4.92. The van der Waals surface area contributed by atoms with Gasteiger partial charge in [-0.2, -0.15) is 0 Å². The summed E-state index contributed by atoms with van der Waals surface area (Å²) in [6.07, 6.45) is 0. The van der Waals surface area contributed by atoms with Gasteiger partial charge in [0.1, 0.15) is 5.82 Å². The van der Waals surface area contributed by atoms with E-state index in [0.29, 0.717) is 11.5 Å². The van der Waals surface area contributed by atoms with Crippen molar-refractivity contribution < 1.29 is 19.1 Å². The van der Waals surface area contributed by atoms with Crippen LogP contribution in [0.5, 0.6) is 0 Å². The van der Waals surface area contributed by atoms with Crippen molar-refractivity contribution in [1.29, 1.82) is 0 Å². The second-order valence-electron chi connectivity index (χ2n) is 7.56. The lowest BCUT2D eigenvalue weighted by Gasteiger charge is -2.18. The summed E-state index contributed by atoms with van der Waals surface area (Å²) in [6, 6.07) is 8.47. The van der Waals surface area contributed by atoms with E-state index >= 15 is 0 Å². The second-order valence-corrected chi connectivity index (χ2v) is 8.74. The monoisotopic (exact) mass is 526 g/mol. The van der Waals surface area contributed by atoms with Gasteiger partial charge in [-0.3, -0.25) is 0 Å². The van der Waals surface area contributed by atoms with Gasteiger partial charge in [0.05, 0.1) is 24.9 Å². The Morgan fingerprint density at radius 3 is 1.97 bits per heavy atom. The summed E-state index contributed by atoms with van der Waals surface area (Å²) in [6.45, 7) is 6.22. The minimum absolute atomic E-state index is 0.0384. The van der Waals surface area contributed by atoms with Crippen LogP contribution in [-0.4, -0.2) is 51.5 Å². The van der Waals surface area contributed by atoms with Crippen molar-refractivity contribution in [1.82, 2.24) is 25.4 Å². The molecule has 3 heterocycles. The summed E-state index contributed by atoms with van der Waals surface area (Å²) in [5, 5.41) is 17.8. The number of carbonyl (C=O) groups excluding carboxylic acids is 2. The molecule has 34 heavy (non-hydrogen) atoms. The molecule has 10 nitrogen and oxygen atoms in total. The maximum atomic E-state index is 11.7. The van der Waals surface area contributed by atoms with Crippen molar-refractivity contribution in [3.8, 4) is 0 Å². The molecule has 13 heteroatoms. The third kappa shape index (κ3) is 7.47. The average molecular weight is 528 g/mol. The zero-order chi connectivity index (χ0) is 25.5. The van der Waals surface area contributed by atoms with Gasteiger partial charge < -0.3 is 14.8 Å². The first-order valence-corrected chi connectivity index (χ1v) is 10.7. The number of carbonyl (C=O) groups is 2. The number of hydrogen-bond donors (Lipinski definition) is 1. The van der Waals surface area contributed by atoms with Crippen LogP contribution in [0.15, 0.2) is 30.3 Å². The quantitative estimate of drug-likeness (QED) is 0.466. The van der Waals surface area contributed by atoms with E-state index in [1.165, 1.54) is 26.4 Å². The first-order chi connectivity index (χ1) is 16.0. The molecule has 0 atom stereocenters. The lowest BCUT2D eigenvalue weighted by molar-refractivity contribution is 0.0584. The molecule has 0 saturated carbocycles. The van der Waals surface area contributed by atoms with Crippen molar-refractivity contribution in [3.05, 3.63) is 62.7 Å². The number of anilines is 2. The van der Waals surface area contributed by atoms with E-state index in [2.05, 4.69) is 60.9 Å². The molecule has 3 aromatic heterocycles. The van der Waals surface area contributed by atoms with E-state index < -0.39 is 11.9 Å². The molecule has 0 aliphatic heterocycles. The molecule has 0 amide bonds. The first-order valence-electron chi connectivity index (χ1n) is 9.59. The Balaban J connectivity index is 0.000000287. The number of esters is 2. The van der Waals surface area contributed by atoms with Gasteiger partial charge in [-0.1, -0.05) is 61.6 Å². The SMILES string of the molecule is COC(=O)c1nnc(Cl)cc1Cl.COC(=O)c1nnc(Cl)cc1Nc1cccc(C(C)(C)C)n1. The van der Waals surface area contributed by atoms with E-state index in [9.17, 15) is 9.59 Å². The Hall–Kier alpha value is -3.08. The number of nitrogens with one attached hydrogen (secondary N) is 1. The van der Waals surface area contributed by atoms with Crippen molar-refractivity contribution in [2.75, 3.05) is 19.5 Å². The second kappa shape index (κ2) is 11.9. The number of hydrogen-bond acceptors (Lipinski definition) is 10. The summed E-state index contributed by atoms with van der Waals surface area (Å²) in [5.74, 6) is -0.649. The summed E-state index contributed by atoms with van der Waals surface area (Å²) in [7, 11) is 2.51. The Morgan fingerprint density at radius 2 is 1.41 bits per heavy atom. The van der Waals surface area contributed by atoms with Gasteiger partial charge in [-0.15, -0.1) is 20.4 Å². The number of rotatable bonds is 4. The zero-order valence-electron chi connectivity index (χ0n) is 18.9. The van der Waals surface area contributed by atoms with Crippen LogP contribution < -0.4 is 5.32 Å². The van der Waals surface area contributed by atoms with Crippen molar-refractivity contribution in [2.24, 2.45) is 0 Å². The van der Waals surface area contributed by atoms with Crippen molar-refractivity contribution >= 4 is 58.2 Å². The molecule has 0 radical (unpaired) electrons. The Morgan fingerprint density at radius 1 is 0.853 bits per heavy atom. The number of pyridine rings is 1.